The summed E-state index contributed by atoms with van der Waals surface area (Å²) in [6, 6.07) is 11.7. The molecule has 0 aromatic heterocycles. The number of halogens is 3. The van der Waals surface area contributed by atoms with Crippen LogP contribution in [-0.2, 0) is 11.0 Å². The van der Waals surface area contributed by atoms with Gasteiger partial charge in [0, 0.05) is 23.5 Å². The molecule has 1 aliphatic rings. The van der Waals surface area contributed by atoms with Gasteiger partial charge >= 0.3 is 6.18 Å². The highest BCUT2D eigenvalue weighted by molar-refractivity contribution is 8.00. The van der Waals surface area contributed by atoms with Crippen LogP contribution in [-0.4, -0.2) is 42.1 Å². The number of carbonyl (C=O) groups is 2. The molecule has 1 N–H and O–H groups in total. The van der Waals surface area contributed by atoms with Crippen LogP contribution in [0.2, 0.25) is 0 Å². The van der Waals surface area contributed by atoms with Gasteiger partial charge in [-0.15, -0.1) is 11.8 Å². The van der Waals surface area contributed by atoms with Gasteiger partial charge in [-0.3, -0.25) is 9.59 Å². The Morgan fingerprint density at radius 3 is 2.55 bits per heavy atom. The summed E-state index contributed by atoms with van der Waals surface area (Å²) in [5, 5.41) is 2.65. The van der Waals surface area contributed by atoms with E-state index < -0.39 is 11.7 Å². The number of benzene rings is 2. The molecule has 1 aliphatic heterocycles. The molecule has 0 radical (unpaired) electrons. The third-order valence-corrected chi connectivity index (χ3v) is 5.76. The molecule has 0 saturated carbocycles. The predicted molar refractivity (Wildman–Crippen MR) is 114 cm³/mol. The van der Waals surface area contributed by atoms with Gasteiger partial charge in [-0.05, 0) is 43.2 Å². The second-order valence-electron chi connectivity index (χ2n) is 6.94. The Balaban J connectivity index is 1.57. The number of nitrogens with one attached hydrogen (secondary N) is 1. The lowest BCUT2D eigenvalue weighted by molar-refractivity contribution is -0.137. The minimum atomic E-state index is -4.43. The summed E-state index contributed by atoms with van der Waals surface area (Å²) >= 11 is 1.32. The van der Waals surface area contributed by atoms with Crippen LogP contribution in [0.25, 0.3) is 0 Å². The quantitative estimate of drug-likeness (QED) is 0.553. The van der Waals surface area contributed by atoms with Gasteiger partial charge < -0.3 is 10.2 Å². The minimum absolute atomic E-state index is 0.0131. The zero-order valence-corrected chi connectivity index (χ0v) is 17.5. The van der Waals surface area contributed by atoms with Crippen molar-refractivity contribution >= 4 is 23.6 Å². The maximum Gasteiger partial charge on any atom is 0.416 e. The third-order valence-electron chi connectivity index (χ3n) is 4.70. The second kappa shape index (κ2) is 10.4. The number of alkyl halides is 3. The van der Waals surface area contributed by atoms with Crippen LogP contribution < -0.4 is 5.32 Å². The van der Waals surface area contributed by atoms with E-state index in [0.717, 1.165) is 38.1 Å². The van der Waals surface area contributed by atoms with Crippen LogP contribution in [0.15, 0.2) is 53.4 Å². The van der Waals surface area contributed by atoms with E-state index in [9.17, 15) is 22.8 Å². The Kier molecular flexibility index (Phi) is 7.64. The number of rotatable bonds is 5. The van der Waals surface area contributed by atoms with Crippen LogP contribution in [0.1, 0.15) is 34.3 Å². The van der Waals surface area contributed by atoms with Crippen molar-refractivity contribution in [2.24, 2.45) is 0 Å². The molecule has 0 atom stereocenters. The molecule has 31 heavy (non-hydrogen) atoms. The average Bonchev–Trinajstić information content (AvgIpc) is 3.30. The van der Waals surface area contributed by atoms with Crippen molar-refractivity contribution in [3.63, 3.8) is 0 Å². The van der Waals surface area contributed by atoms with Gasteiger partial charge in [-0.1, -0.05) is 30.0 Å². The van der Waals surface area contributed by atoms with Gasteiger partial charge in [0.25, 0.3) is 5.91 Å². The smallest absolute Gasteiger partial charge is 0.342 e. The summed E-state index contributed by atoms with van der Waals surface area (Å²) in [6.45, 7) is 1.55. The highest BCUT2D eigenvalue weighted by Crippen LogP contribution is 2.29. The number of hydrogen-bond acceptors (Lipinski definition) is 3. The summed E-state index contributed by atoms with van der Waals surface area (Å²) in [4.78, 5) is 27.3. The monoisotopic (exact) mass is 446 g/mol. The summed E-state index contributed by atoms with van der Waals surface area (Å²) in [6.07, 6.45) is -2.38. The summed E-state index contributed by atoms with van der Waals surface area (Å²) in [7, 11) is 0. The first-order valence-corrected chi connectivity index (χ1v) is 10.8. The van der Waals surface area contributed by atoms with Crippen molar-refractivity contribution in [1.29, 1.82) is 0 Å². The van der Waals surface area contributed by atoms with Gasteiger partial charge in [-0.25, -0.2) is 0 Å². The molecule has 4 nitrogen and oxygen atoms in total. The molecule has 3 rings (SSSR count). The van der Waals surface area contributed by atoms with Crippen molar-refractivity contribution < 1.29 is 22.8 Å². The molecule has 0 bridgehead atoms. The van der Waals surface area contributed by atoms with Gasteiger partial charge in [0.15, 0.2) is 0 Å². The van der Waals surface area contributed by atoms with E-state index in [-0.39, 0.29) is 29.7 Å². The van der Waals surface area contributed by atoms with E-state index in [2.05, 4.69) is 17.2 Å². The molecule has 0 unspecified atom stereocenters. The fourth-order valence-electron chi connectivity index (χ4n) is 3.12. The first kappa shape index (κ1) is 22.8. The van der Waals surface area contributed by atoms with Gasteiger partial charge in [0.1, 0.15) is 0 Å². The molecule has 1 saturated heterocycles. The largest absolute Gasteiger partial charge is 0.416 e. The maximum absolute atomic E-state index is 12.8. The Morgan fingerprint density at radius 1 is 1.06 bits per heavy atom. The molecule has 2 aromatic rings. The minimum Gasteiger partial charge on any atom is -0.342 e. The molecular formula is C23H21F3N2O2S. The molecule has 1 fully saturated rings. The van der Waals surface area contributed by atoms with Crippen LogP contribution in [0.3, 0.4) is 0 Å². The molecule has 1 heterocycles. The predicted octanol–water partition coefficient (Wildman–Crippen LogP) is 4.20. The lowest BCUT2D eigenvalue weighted by Gasteiger charge is -2.15. The van der Waals surface area contributed by atoms with E-state index in [0.29, 0.717) is 10.5 Å². The summed E-state index contributed by atoms with van der Waals surface area (Å²) in [5.41, 5.74) is -0.110. The second-order valence-corrected chi connectivity index (χ2v) is 7.95. The SMILES string of the molecule is O=C(NCC#Cc1cccc(C(F)(F)F)c1)c1ccccc1SCC(=O)N1CCCC1. The highest BCUT2D eigenvalue weighted by atomic mass is 32.2. The number of likely N-dealkylation sites (tertiary alicyclic amines) is 1. The lowest BCUT2D eigenvalue weighted by atomic mass is 10.1. The molecule has 2 amide bonds. The number of thioether (sulfide) groups is 1. The lowest BCUT2D eigenvalue weighted by Crippen LogP contribution is -2.29. The van der Waals surface area contributed by atoms with Crippen molar-refractivity contribution in [1.82, 2.24) is 10.2 Å². The molecule has 0 spiro atoms. The van der Waals surface area contributed by atoms with Crippen LogP contribution >= 0.6 is 11.8 Å². The van der Waals surface area contributed by atoms with Crippen molar-refractivity contribution in [2.45, 2.75) is 23.9 Å². The van der Waals surface area contributed by atoms with Crippen molar-refractivity contribution in [2.75, 3.05) is 25.4 Å². The van der Waals surface area contributed by atoms with Crippen molar-refractivity contribution in [3.8, 4) is 11.8 Å². The molecule has 0 aliphatic carbocycles. The fraction of sp³-hybridized carbons (Fsp3) is 0.304. The van der Waals surface area contributed by atoms with E-state index in [1.54, 1.807) is 24.3 Å². The van der Waals surface area contributed by atoms with E-state index in [1.807, 2.05) is 4.90 Å². The van der Waals surface area contributed by atoms with Gasteiger partial charge in [0.05, 0.1) is 23.4 Å². The summed E-state index contributed by atoms with van der Waals surface area (Å²) < 4.78 is 38.3. The Labute approximate surface area is 183 Å². The molecular weight excluding hydrogens is 425 g/mol. The number of hydrogen-bond donors (Lipinski definition) is 1. The number of amides is 2. The highest BCUT2D eigenvalue weighted by Gasteiger charge is 2.30. The van der Waals surface area contributed by atoms with Crippen LogP contribution in [0, 0.1) is 11.8 Å². The first-order valence-electron chi connectivity index (χ1n) is 9.78. The maximum atomic E-state index is 12.8. The van der Waals surface area contributed by atoms with Gasteiger partial charge in [0.2, 0.25) is 5.91 Å². The third kappa shape index (κ3) is 6.53. The number of nitrogens with zero attached hydrogens (tertiary/aromatic N) is 1. The summed E-state index contributed by atoms with van der Waals surface area (Å²) in [5.74, 6) is 5.27. The van der Waals surface area contributed by atoms with E-state index in [1.165, 1.54) is 23.9 Å². The van der Waals surface area contributed by atoms with Gasteiger partial charge in [-0.2, -0.15) is 13.2 Å². The van der Waals surface area contributed by atoms with E-state index in [4.69, 9.17) is 0 Å². The molecule has 8 heteroatoms. The van der Waals surface area contributed by atoms with Crippen LogP contribution in [0.5, 0.6) is 0 Å². The fourth-order valence-corrected chi connectivity index (χ4v) is 4.07. The Bertz CT molecular complexity index is 1010. The molecule has 162 valence electrons. The zero-order chi connectivity index (χ0) is 22.3. The van der Waals surface area contributed by atoms with Crippen LogP contribution in [0.4, 0.5) is 13.2 Å². The zero-order valence-electron chi connectivity index (χ0n) is 16.7. The molecule has 2 aromatic carbocycles. The first-order chi connectivity index (χ1) is 14.8. The Hall–Kier alpha value is -2.92. The normalized spacial score (nSPS) is 13.5. The Morgan fingerprint density at radius 2 is 1.81 bits per heavy atom. The van der Waals surface area contributed by atoms with E-state index >= 15 is 0 Å². The number of carbonyl (C=O) groups excluding carboxylic acids is 2. The standard InChI is InChI=1S/C23H21F3N2O2S/c24-23(25,26)18-9-5-7-17(15-18)8-6-12-27-22(30)19-10-1-2-11-20(19)31-16-21(29)28-13-3-4-14-28/h1-2,5,7,9-11,15H,3-4,12-14,16H2,(H,27,30). The average molecular weight is 446 g/mol. The topological polar surface area (TPSA) is 49.4 Å². The van der Waals surface area contributed by atoms with Crippen molar-refractivity contribution in [3.05, 3.63) is 65.2 Å².